The molecule has 1 atom stereocenters. The lowest BCUT2D eigenvalue weighted by molar-refractivity contribution is -0.124. The third kappa shape index (κ3) is 3.47. The van der Waals surface area contributed by atoms with Gasteiger partial charge in [-0.25, -0.2) is 0 Å². The molecule has 0 spiro atoms. The van der Waals surface area contributed by atoms with Gasteiger partial charge in [-0.1, -0.05) is 19.1 Å². The average molecular weight is 262 g/mol. The van der Waals surface area contributed by atoms with Crippen LogP contribution in [0.5, 0.6) is 5.75 Å². The van der Waals surface area contributed by atoms with Crippen LogP contribution < -0.4 is 15.8 Å². The van der Waals surface area contributed by atoms with E-state index < -0.39 is 0 Å². The van der Waals surface area contributed by atoms with Crippen LogP contribution in [-0.2, 0) is 17.8 Å². The third-order valence-corrected chi connectivity index (χ3v) is 3.59. The van der Waals surface area contributed by atoms with Crippen molar-refractivity contribution in [2.24, 2.45) is 11.7 Å². The number of ether oxygens (including phenoxy) is 1. The molecule has 1 aliphatic rings. The van der Waals surface area contributed by atoms with Crippen LogP contribution in [0.3, 0.4) is 0 Å². The number of nitrogens with two attached hydrogens (primary N) is 1. The summed E-state index contributed by atoms with van der Waals surface area (Å²) in [5.74, 6) is 0.939. The van der Waals surface area contributed by atoms with Gasteiger partial charge < -0.3 is 15.8 Å². The van der Waals surface area contributed by atoms with Gasteiger partial charge in [0.1, 0.15) is 5.75 Å². The average Bonchev–Trinajstić information content (AvgIpc) is 2.46. The fourth-order valence-electron chi connectivity index (χ4n) is 2.32. The highest BCUT2D eigenvalue weighted by molar-refractivity contribution is 5.78. The Balaban J connectivity index is 1.94. The lowest BCUT2D eigenvalue weighted by atomic mass is 10.0. The van der Waals surface area contributed by atoms with Gasteiger partial charge in [0.25, 0.3) is 0 Å². The van der Waals surface area contributed by atoms with Gasteiger partial charge in [-0.3, -0.25) is 4.79 Å². The summed E-state index contributed by atoms with van der Waals surface area (Å²) in [6.45, 7) is 3.74. The van der Waals surface area contributed by atoms with Gasteiger partial charge in [0.15, 0.2) is 0 Å². The zero-order chi connectivity index (χ0) is 13.7. The minimum atomic E-state index is -0.0824. The van der Waals surface area contributed by atoms with Gasteiger partial charge in [-0.15, -0.1) is 0 Å². The number of aryl methyl sites for hydroxylation is 1. The Bertz CT molecular complexity index is 442. The molecule has 0 fully saturated rings. The van der Waals surface area contributed by atoms with E-state index in [2.05, 4.69) is 11.4 Å². The number of benzene rings is 1. The summed E-state index contributed by atoms with van der Waals surface area (Å²) >= 11 is 0. The number of carbonyl (C=O) groups is 1. The molecule has 104 valence electrons. The van der Waals surface area contributed by atoms with Crippen molar-refractivity contribution < 1.29 is 9.53 Å². The normalized spacial score (nSPS) is 15.3. The molecule has 19 heavy (non-hydrogen) atoms. The largest absolute Gasteiger partial charge is 0.493 e. The highest BCUT2D eigenvalue weighted by Crippen LogP contribution is 2.25. The Morgan fingerprint density at radius 2 is 2.37 bits per heavy atom. The number of amides is 1. The summed E-state index contributed by atoms with van der Waals surface area (Å²) < 4.78 is 5.57. The van der Waals surface area contributed by atoms with E-state index in [-0.39, 0.29) is 11.8 Å². The van der Waals surface area contributed by atoms with Crippen LogP contribution in [0.15, 0.2) is 18.2 Å². The molecular weight excluding hydrogens is 240 g/mol. The van der Waals surface area contributed by atoms with Crippen molar-refractivity contribution in [3.63, 3.8) is 0 Å². The molecule has 1 aromatic carbocycles. The predicted octanol–water partition coefficient (Wildman–Crippen LogP) is 1.61. The second-order valence-electron chi connectivity index (χ2n) is 4.95. The van der Waals surface area contributed by atoms with Crippen LogP contribution in [0, 0.1) is 5.92 Å². The van der Waals surface area contributed by atoms with E-state index in [0.29, 0.717) is 13.1 Å². The summed E-state index contributed by atoms with van der Waals surface area (Å²) in [6, 6.07) is 6.13. The standard InChI is InChI=1S/C15H22N2O2/c1-2-12(9-16)15(18)17-10-11-5-6-14-13(8-11)4-3-7-19-14/h5-6,8,12H,2-4,7,9-10,16H2,1H3,(H,17,18). The van der Waals surface area contributed by atoms with Gasteiger partial charge in [0.05, 0.1) is 6.61 Å². The Labute approximate surface area is 114 Å². The monoisotopic (exact) mass is 262 g/mol. The number of hydrogen-bond donors (Lipinski definition) is 2. The molecule has 0 saturated heterocycles. The second-order valence-corrected chi connectivity index (χ2v) is 4.95. The molecule has 3 N–H and O–H groups in total. The lowest BCUT2D eigenvalue weighted by Gasteiger charge is -2.18. The number of hydrogen-bond acceptors (Lipinski definition) is 3. The molecule has 1 heterocycles. The maximum absolute atomic E-state index is 11.9. The van der Waals surface area contributed by atoms with Crippen LogP contribution in [0.25, 0.3) is 0 Å². The lowest BCUT2D eigenvalue weighted by Crippen LogP contribution is -2.34. The Hall–Kier alpha value is -1.55. The molecule has 0 bridgehead atoms. The summed E-state index contributed by atoms with van der Waals surface area (Å²) in [6.07, 6.45) is 2.89. The summed E-state index contributed by atoms with van der Waals surface area (Å²) in [5, 5.41) is 2.95. The third-order valence-electron chi connectivity index (χ3n) is 3.59. The molecule has 2 rings (SSSR count). The highest BCUT2D eigenvalue weighted by atomic mass is 16.5. The number of nitrogens with one attached hydrogen (secondary N) is 1. The van der Waals surface area contributed by atoms with Gasteiger partial charge in [-0.2, -0.15) is 0 Å². The number of fused-ring (bicyclic) bond motifs is 1. The fraction of sp³-hybridized carbons (Fsp3) is 0.533. The first-order chi connectivity index (χ1) is 9.24. The Morgan fingerprint density at radius 1 is 1.53 bits per heavy atom. The molecule has 1 aromatic rings. The van der Waals surface area contributed by atoms with E-state index >= 15 is 0 Å². The topological polar surface area (TPSA) is 64.4 Å². The number of rotatable bonds is 5. The molecule has 1 amide bonds. The zero-order valence-corrected chi connectivity index (χ0v) is 11.4. The summed E-state index contributed by atoms with van der Waals surface area (Å²) in [7, 11) is 0. The Kier molecular flexibility index (Phi) is 4.80. The molecular formula is C15H22N2O2. The van der Waals surface area contributed by atoms with Crippen molar-refractivity contribution in [1.82, 2.24) is 5.32 Å². The van der Waals surface area contributed by atoms with Crippen LogP contribution in [0.4, 0.5) is 0 Å². The first kappa shape index (κ1) is 13.9. The minimum absolute atomic E-state index is 0.0407. The van der Waals surface area contributed by atoms with Crippen molar-refractivity contribution in [3.8, 4) is 5.75 Å². The zero-order valence-electron chi connectivity index (χ0n) is 11.4. The van der Waals surface area contributed by atoms with E-state index in [4.69, 9.17) is 10.5 Å². The molecule has 0 radical (unpaired) electrons. The van der Waals surface area contributed by atoms with E-state index in [0.717, 1.165) is 37.2 Å². The number of carbonyl (C=O) groups excluding carboxylic acids is 1. The van der Waals surface area contributed by atoms with Crippen LogP contribution >= 0.6 is 0 Å². The van der Waals surface area contributed by atoms with E-state index in [1.807, 2.05) is 19.1 Å². The maximum Gasteiger partial charge on any atom is 0.224 e. The molecule has 4 nitrogen and oxygen atoms in total. The van der Waals surface area contributed by atoms with Crippen molar-refractivity contribution in [2.75, 3.05) is 13.2 Å². The first-order valence-corrected chi connectivity index (χ1v) is 6.97. The smallest absolute Gasteiger partial charge is 0.224 e. The van der Waals surface area contributed by atoms with Gasteiger partial charge in [-0.05, 0) is 36.5 Å². The highest BCUT2D eigenvalue weighted by Gasteiger charge is 2.14. The molecule has 0 aromatic heterocycles. The molecule has 0 saturated carbocycles. The second kappa shape index (κ2) is 6.57. The molecule has 0 aliphatic carbocycles. The van der Waals surface area contributed by atoms with Crippen LogP contribution in [0.2, 0.25) is 0 Å². The quantitative estimate of drug-likeness (QED) is 0.847. The summed E-state index contributed by atoms with van der Waals surface area (Å²) in [5.41, 5.74) is 7.92. The SMILES string of the molecule is CCC(CN)C(=O)NCc1ccc2c(c1)CCCO2. The molecule has 1 unspecified atom stereocenters. The van der Waals surface area contributed by atoms with E-state index in [9.17, 15) is 4.79 Å². The van der Waals surface area contributed by atoms with Crippen LogP contribution in [0.1, 0.15) is 30.9 Å². The van der Waals surface area contributed by atoms with Crippen molar-refractivity contribution in [3.05, 3.63) is 29.3 Å². The predicted molar refractivity (Wildman–Crippen MR) is 74.9 cm³/mol. The van der Waals surface area contributed by atoms with Crippen molar-refractivity contribution >= 4 is 5.91 Å². The summed E-state index contributed by atoms with van der Waals surface area (Å²) in [4.78, 5) is 11.9. The van der Waals surface area contributed by atoms with Crippen LogP contribution in [-0.4, -0.2) is 19.1 Å². The van der Waals surface area contributed by atoms with E-state index in [1.54, 1.807) is 0 Å². The van der Waals surface area contributed by atoms with E-state index in [1.165, 1.54) is 5.56 Å². The fourth-order valence-corrected chi connectivity index (χ4v) is 2.32. The van der Waals surface area contributed by atoms with Gasteiger partial charge in [0, 0.05) is 19.0 Å². The molecule has 1 aliphatic heterocycles. The minimum Gasteiger partial charge on any atom is -0.493 e. The first-order valence-electron chi connectivity index (χ1n) is 6.97. The van der Waals surface area contributed by atoms with Crippen molar-refractivity contribution in [1.29, 1.82) is 0 Å². The van der Waals surface area contributed by atoms with Crippen molar-refractivity contribution in [2.45, 2.75) is 32.7 Å². The van der Waals surface area contributed by atoms with Gasteiger partial charge in [0.2, 0.25) is 5.91 Å². The molecule has 4 heteroatoms. The Morgan fingerprint density at radius 3 is 3.11 bits per heavy atom. The van der Waals surface area contributed by atoms with Gasteiger partial charge >= 0.3 is 0 Å². The maximum atomic E-state index is 11.9.